The Balaban J connectivity index is 1.67. The minimum absolute atomic E-state index is 0.0318. The molecule has 9 heteroatoms. The third-order valence-electron chi connectivity index (χ3n) is 3.38. The number of imide groups is 1. The topological polar surface area (TPSA) is 111 Å². The van der Waals surface area contributed by atoms with Crippen LogP contribution >= 0.6 is 0 Å². The molecular formula is C13H11N3O6. The lowest BCUT2D eigenvalue weighted by molar-refractivity contribution is -0.384. The number of nitro groups is 1. The van der Waals surface area contributed by atoms with E-state index in [1.807, 2.05) is 0 Å². The van der Waals surface area contributed by atoms with E-state index >= 15 is 0 Å². The number of benzene rings is 1. The first kappa shape index (κ1) is 14.0. The lowest BCUT2D eigenvalue weighted by Crippen LogP contribution is -2.39. The van der Waals surface area contributed by atoms with Crippen LogP contribution in [0.25, 0.3) is 0 Å². The number of rotatable bonds is 3. The first-order valence-electron chi connectivity index (χ1n) is 6.52. The second kappa shape index (κ2) is 5.43. The number of carbonyl (C=O) groups is 2. The van der Waals surface area contributed by atoms with Crippen molar-refractivity contribution in [2.75, 3.05) is 13.2 Å². The first-order valence-corrected chi connectivity index (χ1v) is 6.52. The number of hydrogen-bond donors (Lipinski definition) is 0. The Bertz CT molecular complexity index is 669. The van der Waals surface area contributed by atoms with E-state index in [0.29, 0.717) is 11.3 Å². The lowest BCUT2D eigenvalue weighted by atomic mass is 10.0. The van der Waals surface area contributed by atoms with Crippen molar-refractivity contribution in [3.8, 4) is 0 Å². The highest BCUT2D eigenvalue weighted by Crippen LogP contribution is 2.21. The molecule has 2 aliphatic heterocycles. The van der Waals surface area contributed by atoms with Gasteiger partial charge in [-0.1, -0.05) is 5.16 Å². The van der Waals surface area contributed by atoms with Crippen LogP contribution in [0.15, 0.2) is 29.4 Å². The van der Waals surface area contributed by atoms with Gasteiger partial charge in [-0.3, -0.25) is 14.9 Å². The van der Waals surface area contributed by atoms with Crippen LogP contribution < -0.4 is 0 Å². The molecular weight excluding hydrogens is 294 g/mol. The Morgan fingerprint density at radius 1 is 1.36 bits per heavy atom. The van der Waals surface area contributed by atoms with Crippen LogP contribution in [-0.2, 0) is 14.4 Å². The zero-order valence-electron chi connectivity index (χ0n) is 11.3. The molecule has 2 amide bonds. The van der Waals surface area contributed by atoms with E-state index in [1.165, 1.54) is 24.3 Å². The van der Waals surface area contributed by atoms with Gasteiger partial charge >= 0.3 is 6.09 Å². The van der Waals surface area contributed by atoms with Crippen LogP contribution in [0, 0.1) is 10.1 Å². The Kier molecular flexibility index (Phi) is 3.45. The summed E-state index contributed by atoms with van der Waals surface area (Å²) in [6, 6.07) is 5.78. The van der Waals surface area contributed by atoms with E-state index < -0.39 is 23.0 Å². The van der Waals surface area contributed by atoms with E-state index in [2.05, 4.69) is 5.16 Å². The summed E-state index contributed by atoms with van der Waals surface area (Å²) in [5, 5.41) is 14.4. The molecule has 3 rings (SSSR count). The summed E-state index contributed by atoms with van der Waals surface area (Å²) < 4.78 is 4.70. The summed E-state index contributed by atoms with van der Waals surface area (Å²) in [5.74, 6) is -0.497. The highest BCUT2D eigenvalue weighted by molar-refractivity contribution is 6.05. The number of nitro benzene ring substituents is 1. The molecule has 114 valence electrons. The molecule has 0 bridgehead atoms. The molecule has 1 unspecified atom stereocenters. The van der Waals surface area contributed by atoms with Crippen molar-refractivity contribution in [2.45, 2.75) is 12.5 Å². The fourth-order valence-corrected chi connectivity index (χ4v) is 2.22. The fourth-order valence-electron chi connectivity index (χ4n) is 2.22. The summed E-state index contributed by atoms with van der Waals surface area (Å²) in [4.78, 5) is 39.6. The molecule has 2 heterocycles. The molecule has 1 fully saturated rings. The highest BCUT2D eigenvalue weighted by atomic mass is 16.6. The molecule has 1 aromatic rings. The van der Waals surface area contributed by atoms with Gasteiger partial charge in [0.05, 0.1) is 17.2 Å². The number of oxime groups is 1. The number of cyclic esters (lactones) is 1. The van der Waals surface area contributed by atoms with Crippen molar-refractivity contribution in [3.05, 3.63) is 39.9 Å². The van der Waals surface area contributed by atoms with Gasteiger partial charge in [-0.05, 0) is 17.7 Å². The lowest BCUT2D eigenvalue weighted by Gasteiger charge is -2.13. The van der Waals surface area contributed by atoms with Crippen molar-refractivity contribution >= 4 is 23.4 Å². The summed E-state index contributed by atoms with van der Waals surface area (Å²) in [5.41, 5.74) is 1.10. The number of amides is 2. The van der Waals surface area contributed by atoms with Gasteiger partial charge in [0.1, 0.15) is 6.61 Å². The van der Waals surface area contributed by atoms with Crippen LogP contribution in [0.5, 0.6) is 0 Å². The second-order valence-corrected chi connectivity index (χ2v) is 4.74. The zero-order chi connectivity index (χ0) is 15.7. The van der Waals surface area contributed by atoms with Crippen LogP contribution in [0.2, 0.25) is 0 Å². The normalized spacial score (nSPS) is 20.4. The van der Waals surface area contributed by atoms with Crippen molar-refractivity contribution in [2.24, 2.45) is 5.16 Å². The van der Waals surface area contributed by atoms with Gasteiger partial charge in [-0.2, -0.15) is 0 Å². The van der Waals surface area contributed by atoms with E-state index in [-0.39, 0.29) is 25.3 Å². The summed E-state index contributed by atoms with van der Waals surface area (Å²) in [7, 11) is 0. The largest absolute Gasteiger partial charge is 0.447 e. The monoisotopic (exact) mass is 305 g/mol. The van der Waals surface area contributed by atoms with E-state index in [9.17, 15) is 19.7 Å². The number of non-ortho nitro benzene ring substituents is 1. The predicted octanol–water partition coefficient (Wildman–Crippen LogP) is 1.07. The molecule has 1 saturated heterocycles. The maximum Gasteiger partial charge on any atom is 0.416 e. The number of ether oxygens (including phenoxy) is 1. The van der Waals surface area contributed by atoms with Crippen LogP contribution in [0.4, 0.5) is 10.5 Å². The minimum Gasteiger partial charge on any atom is -0.447 e. The van der Waals surface area contributed by atoms with Crippen molar-refractivity contribution < 1.29 is 24.1 Å². The third kappa shape index (κ3) is 2.48. The Morgan fingerprint density at radius 3 is 2.68 bits per heavy atom. The Morgan fingerprint density at radius 2 is 2.09 bits per heavy atom. The van der Waals surface area contributed by atoms with E-state index in [4.69, 9.17) is 9.57 Å². The van der Waals surface area contributed by atoms with Gasteiger partial charge < -0.3 is 9.57 Å². The molecule has 1 aromatic carbocycles. The molecule has 0 aliphatic carbocycles. The molecule has 0 radical (unpaired) electrons. The third-order valence-corrected chi connectivity index (χ3v) is 3.38. The summed E-state index contributed by atoms with van der Waals surface area (Å²) in [6.45, 7) is 0.373. The molecule has 0 saturated carbocycles. The first-order chi connectivity index (χ1) is 10.6. The molecule has 0 spiro atoms. The number of carbonyl (C=O) groups excluding carboxylic acids is 2. The van der Waals surface area contributed by atoms with Gasteiger partial charge in [0.25, 0.3) is 11.6 Å². The highest BCUT2D eigenvalue weighted by Gasteiger charge is 2.38. The minimum atomic E-state index is -0.879. The Labute approximate surface area is 124 Å². The molecule has 0 N–H and O–H groups in total. The predicted molar refractivity (Wildman–Crippen MR) is 72.2 cm³/mol. The average molecular weight is 305 g/mol. The van der Waals surface area contributed by atoms with E-state index in [1.54, 1.807) is 0 Å². The van der Waals surface area contributed by atoms with Gasteiger partial charge in [0.2, 0.25) is 6.10 Å². The number of nitrogens with zero attached hydrogens (tertiary/aromatic N) is 3. The maximum absolute atomic E-state index is 12.1. The van der Waals surface area contributed by atoms with Gasteiger partial charge in [0, 0.05) is 18.6 Å². The SMILES string of the molecule is O=C1OCCN1C(=O)C1CC(c2ccc([N+](=O)[O-])cc2)=NO1. The van der Waals surface area contributed by atoms with Gasteiger partial charge in [-0.25, -0.2) is 9.69 Å². The number of hydrogen-bond acceptors (Lipinski definition) is 7. The molecule has 2 aliphatic rings. The average Bonchev–Trinajstić information content (AvgIpc) is 3.15. The van der Waals surface area contributed by atoms with Crippen molar-refractivity contribution in [1.82, 2.24) is 4.90 Å². The standard InChI is InChI=1S/C13H11N3O6/c17-12(15-5-6-21-13(15)18)11-7-10(14-22-11)8-1-3-9(4-2-8)16(19)20/h1-4,11H,5-7H2. The summed E-state index contributed by atoms with van der Waals surface area (Å²) >= 11 is 0. The maximum atomic E-state index is 12.1. The van der Waals surface area contributed by atoms with Crippen LogP contribution in [0.3, 0.4) is 0 Å². The summed E-state index contributed by atoms with van der Waals surface area (Å²) in [6.07, 6.45) is -1.37. The van der Waals surface area contributed by atoms with E-state index in [0.717, 1.165) is 4.90 Å². The van der Waals surface area contributed by atoms with Gasteiger partial charge in [-0.15, -0.1) is 0 Å². The molecule has 22 heavy (non-hydrogen) atoms. The fraction of sp³-hybridized carbons (Fsp3) is 0.308. The Hall–Kier alpha value is -2.97. The zero-order valence-corrected chi connectivity index (χ0v) is 11.3. The molecule has 0 aromatic heterocycles. The second-order valence-electron chi connectivity index (χ2n) is 4.74. The quantitative estimate of drug-likeness (QED) is 0.610. The van der Waals surface area contributed by atoms with Crippen LogP contribution in [0.1, 0.15) is 12.0 Å². The molecule has 1 atom stereocenters. The van der Waals surface area contributed by atoms with Crippen molar-refractivity contribution in [1.29, 1.82) is 0 Å². The smallest absolute Gasteiger partial charge is 0.416 e. The molecule has 9 nitrogen and oxygen atoms in total. The van der Waals surface area contributed by atoms with Crippen LogP contribution in [-0.4, -0.2) is 46.8 Å². The van der Waals surface area contributed by atoms with Gasteiger partial charge in [0.15, 0.2) is 0 Å². The van der Waals surface area contributed by atoms with Crippen molar-refractivity contribution in [3.63, 3.8) is 0 Å².